The molecule has 0 aliphatic heterocycles. The van der Waals surface area contributed by atoms with Gasteiger partial charge in [-0.25, -0.2) is 9.37 Å². The summed E-state index contributed by atoms with van der Waals surface area (Å²) in [5, 5.41) is 2.54. The lowest BCUT2D eigenvalue weighted by molar-refractivity contribution is -0.120. The van der Waals surface area contributed by atoms with Crippen LogP contribution in [-0.4, -0.2) is 22.5 Å². The molecule has 96 valence electrons. The van der Waals surface area contributed by atoms with Crippen LogP contribution in [0.3, 0.4) is 0 Å². The fourth-order valence-corrected chi connectivity index (χ4v) is 1.84. The van der Waals surface area contributed by atoms with E-state index in [1.807, 2.05) is 0 Å². The van der Waals surface area contributed by atoms with Crippen LogP contribution >= 0.6 is 0 Å². The van der Waals surface area contributed by atoms with Crippen LogP contribution in [0.1, 0.15) is 12.0 Å². The van der Waals surface area contributed by atoms with Gasteiger partial charge in [-0.2, -0.15) is 0 Å². The Morgan fingerprint density at radius 2 is 2.28 bits per heavy atom. The molecule has 1 aromatic heterocycles. The van der Waals surface area contributed by atoms with Crippen LogP contribution in [0.2, 0.25) is 0 Å². The van der Waals surface area contributed by atoms with Crippen molar-refractivity contribution in [1.82, 2.24) is 14.9 Å². The van der Waals surface area contributed by atoms with Crippen molar-refractivity contribution in [3.05, 3.63) is 23.5 Å². The first-order valence-electron chi connectivity index (χ1n) is 5.65. The van der Waals surface area contributed by atoms with Gasteiger partial charge in [-0.05, 0) is 18.6 Å². The van der Waals surface area contributed by atoms with E-state index < -0.39 is 0 Å². The molecule has 0 atom stereocenters. The van der Waals surface area contributed by atoms with Crippen LogP contribution in [0.25, 0.3) is 11.0 Å². The lowest BCUT2D eigenvalue weighted by Crippen LogP contribution is -2.19. The van der Waals surface area contributed by atoms with E-state index in [4.69, 9.17) is 5.73 Å². The zero-order valence-electron chi connectivity index (χ0n) is 10.3. The van der Waals surface area contributed by atoms with E-state index in [0.717, 1.165) is 5.52 Å². The third-order valence-electron chi connectivity index (χ3n) is 2.90. The molecule has 0 aliphatic carbocycles. The molecule has 0 bridgehead atoms. The maximum Gasteiger partial charge on any atom is 0.221 e. The molecule has 2 aromatic rings. The SMILES string of the molecule is CNC(=O)CCn1c(N)nc2cc(F)c(C)cc21. The highest BCUT2D eigenvalue weighted by Gasteiger charge is 2.11. The fourth-order valence-electron chi connectivity index (χ4n) is 1.84. The normalized spacial score (nSPS) is 10.8. The van der Waals surface area contributed by atoms with Gasteiger partial charge >= 0.3 is 0 Å². The number of fused-ring (bicyclic) bond motifs is 1. The lowest BCUT2D eigenvalue weighted by Gasteiger charge is -2.06. The van der Waals surface area contributed by atoms with Crippen LogP contribution in [0.15, 0.2) is 12.1 Å². The van der Waals surface area contributed by atoms with Crippen LogP contribution < -0.4 is 11.1 Å². The number of carbonyl (C=O) groups excluding carboxylic acids is 1. The number of hydrogen-bond donors (Lipinski definition) is 2. The number of benzene rings is 1. The van der Waals surface area contributed by atoms with E-state index in [2.05, 4.69) is 10.3 Å². The Kier molecular flexibility index (Phi) is 3.18. The number of aryl methyl sites for hydroxylation is 2. The van der Waals surface area contributed by atoms with Crippen molar-refractivity contribution in [2.24, 2.45) is 0 Å². The molecule has 0 spiro atoms. The number of aromatic nitrogens is 2. The third kappa shape index (κ3) is 2.13. The molecule has 2 rings (SSSR count). The average Bonchev–Trinajstić information content (AvgIpc) is 2.62. The molecule has 1 amide bonds. The predicted molar refractivity (Wildman–Crippen MR) is 67.5 cm³/mol. The minimum Gasteiger partial charge on any atom is -0.369 e. The van der Waals surface area contributed by atoms with Crippen LogP contribution in [0, 0.1) is 12.7 Å². The van der Waals surface area contributed by atoms with Crippen molar-refractivity contribution in [1.29, 1.82) is 0 Å². The van der Waals surface area contributed by atoms with E-state index in [-0.39, 0.29) is 11.7 Å². The summed E-state index contributed by atoms with van der Waals surface area (Å²) < 4.78 is 15.1. The smallest absolute Gasteiger partial charge is 0.221 e. The first-order chi connectivity index (χ1) is 8.52. The minimum atomic E-state index is -0.307. The number of amides is 1. The van der Waals surface area contributed by atoms with Gasteiger partial charge in [-0.1, -0.05) is 0 Å². The monoisotopic (exact) mass is 250 g/mol. The van der Waals surface area contributed by atoms with Crippen LogP contribution in [-0.2, 0) is 11.3 Å². The second-order valence-corrected chi connectivity index (χ2v) is 4.13. The van der Waals surface area contributed by atoms with Gasteiger partial charge in [0.1, 0.15) is 5.82 Å². The highest BCUT2D eigenvalue weighted by Crippen LogP contribution is 2.21. The van der Waals surface area contributed by atoms with Crippen molar-refractivity contribution in [2.45, 2.75) is 19.9 Å². The van der Waals surface area contributed by atoms with Crippen molar-refractivity contribution < 1.29 is 9.18 Å². The highest BCUT2D eigenvalue weighted by molar-refractivity contribution is 5.80. The summed E-state index contributed by atoms with van der Waals surface area (Å²) >= 11 is 0. The third-order valence-corrected chi connectivity index (χ3v) is 2.90. The minimum absolute atomic E-state index is 0.0740. The highest BCUT2D eigenvalue weighted by atomic mass is 19.1. The maximum atomic E-state index is 13.4. The molecule has 18 heavy (non-hydrogen) atoms. The predicted octanol–water partition coefficient (Wildman–Crippen LogP) is 1.20. The van der Waals surface area contributed by atoms with Crippen molar-refractivity contribution >= 4 is 22.9 Å². The molecule has 0 unspecified atom stereocenters. The fraction of sp³-hybridized carbons (Fsp3) is 0.333. The second kappa shape index (κ2) is 4.64. The summed E-state index contributed by atoms with van der Waals surface area (Å²) in [6, 6.07) is 3.05. The summed E-state index contributed by atoms with van der Waals surface area (Å²) in [7, 11) is 1.58. The number of halogens is 1. The Morgan fingerprint density at radius 1 is 1.56 bits per heavy atom. The number of nitrogens with zero attached hydrogens (tertiary/aromatic N) is 2. The molecule has 5 nitrogen and oxygen atoms in total. The molecule has 1 aromatic carbocycles. The van der Waals surface area contributed by atoms with Crippen molar-refractivity contribution in [2.75, 3.05) is 12.8 Å². The number of rotatable bonds is 3. The Hall–Kier alpha value is -2.11. The summed E-state index contributed by atoms with van der Waals surface area (Å²) in [6.45, 7) is 2.11. The average molecular weight is 250 g/mol. The topological polar surface area (TPSA) is 72.9 Å². The number of nitrogen functional groups attached to an aromatic ring is 1. The molecule has 0 aliphatic rings. The molecular weight excluding hydrogens is 235 g/mol. The van der Waals surface area contributed by atoms with Gasteiger partial charge in [0, 0.05) is 26.1 Å². The summed E-state index contributed by atoms with van der Waals surface area (Å²) in [5.74, 6) is -0.0903. The number of imidazole rings is 1. The Labute approximate surface area is 104 Å². The number of nitrogens with two attached hydrogens (primary N) is 1. The Morgan fingerprint density at radius 3 is 2.94 bits per heavy atom. The second-order valence-electron chi connectivity index (χ2n) is 4.13. The molecule has 0 fully saturated rings. The largest absolute Gasteiger partial charge is 0.369 e. The molecule has 0 saturated carbocycles. The van der Waals surface area contributed by atoms with Gasteiger partial charge in [0.15, 0.2) is 0 Å². The molecule has 3 N–H and O–H groups in total. The molecular formula is C12H15FN4O. The standard InChI is InChI=1S/C12H15FN4O/c1-7-5-10-9(6-8(7)13)16-12(14)17(10)4-3-11(18)15-2/h5-6H,3-4H2,1-2H3,(H2,14,16)(H,15,18). The first kappa shape index (κ1) is 12.3. The van der Waals surface area contributed by atoms with E-state index in [9.17, 15) is 9.18 Å². The maximum absolute atomic E-state index is 13.4. The quantitative estimate of drug-likeness (QED) is 0.859. The van der Waals surface area contributed by atoms with Crippen molar-refractivity contribution in [3.8, 4) is 0 Å². The zero-order valence-corrected chi connectivity index (χ0v) is 10.3. The summed E-state index contributed by atoms with van der Waals surface area (Å²) in [6.07, 6.45) is 0.308. The van der Waals surface area contributed by atoms with Crippen molar-refractivity contribution in [3.63, 3.8) is 0 Å². The van der Waals surface area contributed by atoms with Gasteiger partial charge in [-0.15, -0.1) is 0 Å². The van der Waals surface area contributed by atoms with E-state index in [0.29, 0.717) is 30.0 Å². The summed E-state index contributed by atoms with van der Waals surface area (Å²) in [4.78, 5) is 15.3. The van der Waals surface area contributed by atoms with Gasteiger partial charge < -0.3 is 15.6 Å². The number of hydrogen-bond acceptors (Lipinski definition) is 3. The van der Waals surface area contributed by atoms with E-state index >= 15 is 0 Å². The molecule has 0 radical (unpaired) electrons. The van der Waals surface area contributed by atoms with E-state index in [1.54, 1.807) is 24.6 Å². The van der Waals surface area contributed by atoms with Gasteiger partial charge in [0.05, 0.1) is 11.0 Å². The van der Waals surface area contributed by atoms with Gasteiger partial charge in [-0.3, -0.25) is 4.79 Å². The van der Waals surface area contributed by atoms with Crippen LogP contribution in [0.5, 0.6) is 0 Å². The van der Waals surface area contributed by atoms with Gasteiger partial charge in [0.2, 0.25) is 11.9 Å². The van der Waals surface area contributed by atoms with Gasteiger partial charge in [0.25, 0.3) is 0 Å². The Balaban J connectivity index is 2.40. The summed E-state index contributed by atoms with van der Waals surface area (Å²) in [5.41, 5.74) is 7.56. The molecule has 1 heterocycles. The zero-order chi connectivity index (χ0) is 13.3. The van der Waals surface area contributed by atoms with Crippen LogP contribution in [0.4, 0.5) is 10.3 Å². The molecule has 6 heteroatoms. The first-order valence-corrected chi connectivity index (χ1v) is 5.65. The van der Waals surface area contributed by atoms with E-state index in [1.165, 1.54) is 6.07 Å². The number of carbonyl (C=O) groups is 1. The number of nitrogens with one attached hydrogen (secondary N) is 1. The molecule has 0 saturated heterocycles. The lowest BCUT2D eigenvalue weighted by atomic mass is 10.2. The number of anilines is 1. The Bertz CT molecular complexity index is 606.